The summed E-state index contributed by atoms with van der Waals surface area (Å²) in [6, 6.07) is -0.0654. The minimum Gasteiger partial charge on any atom is -0.383 e. The number of halogens is 1. The highest BCUT2D eigenvalue weighted by Gasteiger charge is 2.35. The molecule has 0 saturated carbocycles. The van der Waals surface area contributed by atoms with Crippen LogP contribution in [-0.4, -0.2) is 36.2 Å². The lowest BCUT2D eigenvalue weighted by atomic mass is 9.91. The summed E-state index contributed by atoms with van der Waals surface area (Å²) in [4.78, 5) is 0. The lowest BCUT2D eigenvalue weighted by Gasteiger charge is -2.26. The summed E-state index contributed by atoms with van der Waals surface area (Å²) in [5.41, 5.74) is 3.77. The van der Waals surface area contributed by atoms with Crippen LogP contribution >= 0.6 is 11.6 Å². The highest BCUT2D eigenvalue weighted by molar-refractivity contribution is 6.31. The molecule has 1 aromatic heterocycles. The zero-order valence-electron chi connectivity index (χ0n) is 11.3. The molecule has 7 heteroatoms. The summed E-state index contributed by atoms with van der Waals surface area (Å²) in [6.07, 6.45) is 2.77. The van der Waals surface area contributed by atoms with E-state index in [0.717, 1.165) is 18.7 Å². The van der Waals surface area contributed by atoms with E-state index < -0.39 is 0 Å². The molecule has 3 N–H and O–H groups in total. The number of nitrogens with zero attached hydrogens (tertiary/aromatic N) is 2. The number of nitrogens with two attached hydrogens (primary N) is 1. The monoisotopic (exact) mass is 288 g/mol. The molecular formula is C12H21ClN4O2. The first-order chi connectivity index (χ1) is 9.19. The van der Waals surface area contributed by atoms with Gasteiger partial charge < -0.3 is 9.47 Å². The van der Waals surface area contributed by atoms with Crippen LogP contribution in [-0.2, 0) is 16.0 Å². The summed E-state index contributed by atoms with van der Waals surface area (Å²) in [5.74, 6) is 6.03. The molecule has 2 rings (SSSR count). The van der Waals surface area contributed by atoms with Gasteiger partial charge in [0.25, 0.3) is 0 Å². The van der Waals surface area contributed by atoms with Gasteiger partial charge in [0.05, 0.1) is 42.2 Å². The van der Waals surface area contributed by atoms with Crippen molar-refractivity contribution in [2.45, 2.75) is 32.0 Å². The fourth-order valence-corrected chi connectivity index (χ4v) is 2.89. The van der Waals surface area contributed by atoms with E-state index in [1.165, 1.54) is 0 Å². The van der Waals surface area contributed by atoms with Gasteiger partial charge in [-0.15, -0.1) is 0 Å². The Hall–Kier alpha value is -0.660. The van der Waals surface area contributed by atoms with Crippen LogP contribution in [0.5, 0.6) is 0 Å². The lowest BCUT2D eigenvalue weighted by molar-refractivity contribution is 0.0939. The van der Waals surface area contributed by atoms with Crippen molar-refractivity contribution in [3.63, 3.8) is 0 Å². The maximum absolute atomic E-state index is 6.26. The maximum atomic E-state index is 6.26. The minimum atomic E-state index is -0.0654. The lowest BCUT2D eigenvalue weighted by Crippen LogP contribution is -2.38. The number of methoxy groups -OCH3 is 1. The molecule has 108 valence electrons. The Morgan fingerprint density at radius 2 is 2.53 bits per heavy atom. The molecule has 19 heavy (non-hydrogen) atoms. The average molecular weight is 289 g/mol. The number of hydrogen-bond donors (Lipinski definition) is 2. The van der Waals surface area contributed by atoms with Crippen LogP contribution in [0.2, 0.25) is 5.02 Å². The number of aromatic nitrogens is 2. The second-order valence-corrected chi connectivity index (χ2v) is 5.17. The first kappa shape index (κ1) is 14.7. The van der Waals surface area contributed by atoms with E-state index >= 15 is 0 Å². The quantitative estimate of drug-likeness (QED) is 0.606. The fourth-order valence-electron chi connectivity index (χ4n) is 2.63. The molecule has 0 bridgehead atoms. The largest absolute Gasteiger partial charge is 0.383 e. The zero-order chi connectivity index (χ0) is 13.8. The Morgan fingerprint density at radius 1 is 1.74 bits per heavy atom. The average Bonchev–Trinajstić information content (AvgIpc) is 2.97. The Balaban J connectivity index is 2.24. The second-order valence-electron chi connectivity index (χ2n) is 4.77. The van der Waals surface area contributed by atoms with Crippen molar-refractivity contribution in [2.24, 2.45) is 11.8 Å². The molecule has 0 spiro atoms. The Kier molecular flexibility index (Phi) is 5.18. The number of hydrazine groups is 1. The molecule has 1 aliphatic heterocycles. The van der Waals surface area contributed by atoms with Gasteiger partial charge in [0.1, 0.15) is 0 Å². The van der Waals surface area contributed by atoms with Gasteiger partial charge in [0, 0.05) is 19.6 Å². The minimum absolute atomic E-state index is 0.0654. The Labute approximate surface area is 118 Å². The predicted octanol–water partition coefficient (Wildman–Crippen LogP) is 1.11. The van der Waals surface area contributed by atoms with Gasteiger partial charge in [0.2, 0.25) is 0 Å². The Bertz CT molecular complexity index is 412. The molecule has 6 nitrogen and oxygen atoms in total. The smallest absolute Gasteiger partial charge is 0.0834 e. The number of nitrogens with one attached hydrogen (secondary N) is 1. The van der Waals surface area contributed by atoms with E-state index in [-0.39, 0.29) is 12.1 Å². The third kappa shape index (κ3) is 3.09. The van der Waals surface area contributed by atoms with Crippen LogP contribution in [0, 0.1) is 5.92 Å². The van der Waals surface area contributed by atoms with Crippen molar-refractivity contribution in [3.05, 3.63) is 16.9 Å². The van der Waals surface area contributed by atoms with E-state index in [1.54, 1.807) is 13.3 Å². The first-order valence-corrected chi connectivity index (χ1v) is 6.84. The van der Waals surface area contributed by atoms with Crippen LogP contribution in [0.3, 0.4) is 0 Å². The van der Waals surface area contributed by atoms with Gasteiger partial charge in [-0.3, -0.25) is 16.0 Å². The van der Waals surface area contributed by atoms with Crippen molar-refractivity contribution in [2.75, 3.05) is 20.3 Å². The standard InChI is InChI=1S/C12H21ClN4O2/c1-8-9(3-5-19-8)11(16-14)12-10(13)7-15-17(12)4-6-18-2/h7-9,11,16H,3-6,14H2,1-2H3. The molecule has 3 atom stereocenters. The Morgan fingerprint density at radius 3 is 3.11 bits per heavy atom. The van der Waals surface area contributed by atoms with Crippen LogP contribution in [0.1, 0.15) is 25.1 Å². The van der Waals surface area contributed by atoms with Crippen molar-refractivity contribution >= 4 is 11.6 Å². The molecule has 0 radical (unpaired) electrons. The molecule has 1 fully saturated rings. The molecule has 0 aromatic carbocycles. The molecule has 2 heterocycles. The SMILES string of the molecule is COCCn1ncc(Cl)c1C(NN)C1CCOC1C. The molecule has 0 amide bonds. The van der Waals surface area contributed by atoms with Gasteiger partial charge in [-0.25, -0.2) is 0 Å². The molecular weight excluding hydrogens is 268 g/mol. The molecule has 1 saturated heterocycles. The van der Waals surface area contributed by atoms with Gasteiger partial charge >= 0.3 is 0 Å². The highest BCUT2D eigenvalue weighted by Crippen LogP contribution is 2.35. The number of hydrogen-bond acceptors (Lipinski definition) is 5. The molecule has 0 aliphatic carbocycles. The van der Waals surface area contributed by atoms with Gasteiger partial charge in [-0.2, -0.15) is 5.10 Å². The van der Waals surface area contributed by atoms with E-state index in [0.29, 0.717) is 24.1 Å². The summed E-state index contributed by atoms with van der Waals surface area (Å²) in [5, 5.41) is 4.91. The first-order valence-electron chi connectivity index (χ1n) is 6.47. The summed E-state index contributed by atoms with van der Waals surface area (Å²) < 4.78 is 12.6. The van der Waals surface area contributed by atoms with Crippen LogP contribution in [0.25, 0.3) is 0 Å². The zero-order valence-corrected chi connectivity index (χ0v) is 12.1. The third-order valence-corrected chi connectivity index (χ3v) is 3.97. The topological polar surface area (TPSA) is 74.3 Å². The van der Waals surface area contributed by atoms with Crippen molar-refractivity contribution < 1.29 is 9.47 Å². The van der Waals surface area contributed by atoms with Crippen LogP contribution < -0.4 is 11.3 Å². The van der Waals surface area contributed by atoms with Gasteiger partial charge in [-0.05, 0) is 13.3 Å². The fraction of sp³-hybridized carbons (Fsp3) is 0.750. The van der Waals surface area contributed by atoms with E-state index in [2.05, 4.69) is 17.4 Å². The second kappa shape index (κ2) is 6.67. The van der Waals surface area contributed by atoms with Gasteiger partial charge in [-0.1, -0.05) is 11.6 Å². The molecule has 1 aromatic rings. The number of ether oxygens (including phenoxy) is 2. The normalized spacial score (nSPS) is 24.8. The summed E-state index contributed by atoms with van der Waals surface area (Å²) >= 11 is 6.26. The summed E-state index contributed by atoms with van der Waals surface area (Å²) in [6.45, 7) is 4.05. The summed E-state index contributed by atoms with van der Waals surface area (Å²) in [7, 11) is 1.66. The van der Waals surface area contributed by atoms with Crippen LogP contribution in [0.15, 0.2) is 6.20 Å². The van der Waals surface area contributed by atoms with E-state index in [1.807, 2.05) is 4.68 Å². The van der Waals surface area contributed by atoms with Crippen molar-refractivity contribution in [1.29, 1.82) is 0 Å². The van der Waals surface area contributed by atoms with E-state index in [9.17, 15) is 0 Å². The molecule has 1 aliphatic rings. The van der Waals surface area contributed by atoms with E-state index in [4.69, 9.17) is 26.9 Å². The third-order valence-electron chi connectivity index (χ3n) is 3.68. The predicted molar refractivity (Wildman–Crippen MR) is 72.7 cm³/mol. The highest BCUT2D eigenvalue weighted by atomic mass is 35.5. The van der Waals surface area contributed by atoms with Crippen molar-refractivity contribution in [1.82, 2.24) is 15.2 Å². The molecule has 3 unspecified atom stereocenters. The maximum Gasteiger partial charge on any atom is 0.0834 e. The van der Waals surface area contributed by atoms with Crippen molar-refractivity contribution in [3.8, 4) is 0 Å². The van der Waals surface area contributed by atoms with Gasteiger partial charge in [0.15, 0.2) is 0 Å². The number of rotatable bonds is 6. The van der Waals surface area contributed by atoms with Crippen LogP contribution in [0.4, 0.5) is 0 Å².